The van der Waals surface area contributed by atoms with Gasteiger partial charge in [-0.2, -0.15) is 0 Å². The molecule has 0 saturated heterocycles. The average Bonchev–Trinajstić information content (AvgIpc) is 2.67. The summed E-state index contributed by atoms with van der Waals surface area (Å²) in [6.45, 7) is 11.2. The van der Waals surface area contributed by atoms with Crippen molar-refractivity contribution in [1.82, 2.24) is 0 Å². The second-order valence-corrected chi connectivity index (χ2v) is 6.04. The molecule has 0 amide bonds. The van der Waals surface area contributed by atoms with Crippen LogP contribution in [-0.2, 0) is 33.4 Å². The largest absolute Gasteiger partial charge is 0.481 e. The van der Waals surface area contributed by atoms with Crippen LogP contribution >= 0.6 is 0 Å². The highest BCUT2D eigenvalue weighted by Crippen LogP contribution is 2.18. The van der Waals surface area contributed by atoms with Crippen molar-refractivity contribution >= 4 is 23.9 Å². The molecule has 0 unspecified atom stereocenters. The van der Waals surface area contributed by atoms with E-state index in [2.05, 4.69) is 24.5 Å². The number of carbonyl (C=O) groups is 4. The SMILES string of the molecule is C=C(C)C(=O)OCC(CO)(CO)COC(=O)C(=C)C.C=CC(=O)OCCC(=O)O. The molecule has 0 heterocycles. The van der Waals surface area contributed by atoms with E-state index in [-0.39, 0.29) is 37.4 Å². The van der Waals surface area contributed by atoms with E-state index >= 15 is 0 Å². The Bertz CT molecular complexity index is 584. The van der Waals surface area contributed by atoms with Crippen molar-refractivity contribution in [2.45, 2.75) is 20.3 Å². The van der Waals surface area contributed by atoms with Gasteiger partial charge in [0, 0.05) is 17.2 Å². The van der Waals surface area contributed by atoms with Gasteiger partial charge in [-0.3, -0.25) is 4.79 Å². The number of carbonyl (C=O) groups excluding carboxylic acids is 3. The fourth-order valence-corrected chi connectivity index (χ4v) is 1.26. The van der Waals surface area contributed by atoms with Gasteiger partial charge in [-0.25, -0.2) is 14.4 Å². The zero-order valence-corrected chi connectivity index (χ0v) is 16.6. The van der Waals surface area contributed by atoms with Crippen molar-refractivity contribution in [3.8, 4) is 0 Å². The normalized spacial score (nSPS) is 9.93. The quantitative estimate of drug-likeness (QED) is 0.231. The molecular formula is C19H28O10. The Balaban J connectivity index is 0. The van der Waals surface area contributed by atoms with Crippen molar-refractivity contribution in [2.24, 2.45) is 5.41 Å². The third kappa shape index (κ3) is 13.8. The van der Waals surface area contributed by atoms with E-state index in [1.807, 2.05) is 0 Å². The molecular weight excluding hydrogens is 388 g/mol. The maximum atomic E-state index is 11.3. The van der Waals surface area contributed by atoms with Gasteiger partial charge in [-0.05, 0) is 13.8 Å². The summed E-state index contributed by atoms with van der Waals surface area (Å²) in [6.07, 6.45) is 0.821. The zero-order chi connectivity index (χ0) is 23.0. The van der Waals surface area contributed by atoms with Crippen LogP contribution in [0.25, 0.3) is 0 Å². The van der Waals surface area contributed by atoms with Gasteiger partial charge < -0.3 is 29.5 Å². The van der Waals surface area contributed by atoms with Crippen LogP contribution in [0.5, 0.6) is 0 Å². The molecule has 10 heteroatoms. The molecule has 0 bridgehead atoms. The lowest BCUT2D eigenvalue weighted by molar-refractivity contribution is -0.154. The van der Waals surface area contributed by atoms with Crippen LogP contribution < -0.4 is 0 Å². The van der Waals surface area contributed by atoms with Crippen LogP contribution in [-0.4, -0.2) is 72.2 Å². The van der Waals surface area contributed by atoms with Gasteiger partial charge in [-0.15, -0.1) is 0 Å². The molecule has 0 spiro atoms. The Labute approximate surface area is 169 Å². The summed E-state index contributed by atoms with van der Waals surface area (Å²) < 4.78 is 14.1. The van der Waals surface area contributed by atoms with Gasteiger partial charge in [0.2, 0.25) is 0 Å². The highest BCUT2D eigenvalue weighted by atomic mass is 16.6. The molecule has 0 rings (SSSR count). The van der Waals surface area contributed by atoms with E-state index < -0.39 is 42.5 Å². The highest BCUT2D eigenvalue weighted by molar-refractivity contribution is 5.87. The smallest absolute Gasteiger partial charge is 0.333 e. The number of esters is 3. The predicted octanol–water partition coefficient (Wildman–Crippen LogP) is 0.386. The minimum atomic E-state index is -1.24. The molecule has 0 aliphatic heterocycles. The van der Waals surface area contributed by atoms with Gasteiger partial charge in [0.1, 0.15) is 19.8 Å². The molecule has 0 saturated carbocycles. The second kappa shape index (κ2) is 15.0. The lowest BCUT2D eigenvalue weighted by Crippen LogP contribution is -2.41. The molecule has 0 radical (unpaired) electrons. The number of ether oxygens (including phenoxy) is 3. The Morgan fingerprint density at radius 3 is 1.59 bits per heavy atom. The number of hydrogen-bond acceptors (Lipinski definition) is 9. The number of aliphatic hydroxyl groups is 2. The van der Waals surface area contributed by atoms with Crippen LogP contribution in [0.3, 0.4) is 0 Å². The molecule has 0 aliphatic carbocycles. The molecule has 0 aromatic carbocycles. The second-order valence-electron chi connectivity index (χ2n) is 6.04. The molecule has 164 valence electrons. The van der Waals surface area contributed by atoms with Gasteiger partial charge >= 0.3 is 23.9 Å². The first kappa shape index (κ1) is 28.2. The van der Waals surface area contributed by atoms with Crippen LogP contribution in [0.2, 0.25) is 0 Å². The molecule has 0 fully saturated rings. The molecule has 0 atom stereocenters. The monoisotopic (exact) mass is 416 g/mol. The van der Waals surface area contributed by atoms with Crippen molar-refractivity contribution in [3.63, 3.8) is 0 Å². The molecule has 0 aromatic rings. The van der Waals surface area contributed by atoms with Crippen molar-refractivity contribution in [1.29, 1.82) is 0 Å². The lowest BCUT2D eigenvalue weighted by atomic mass is 9.92. The van der Waals surface area contributed by atoms with Crippen LogP contribution in [0.1, 0.15) is 20.3 Å². The summed E-state index contributed by atoms with van der Waals surface area (Å²) in [5.41, 5.74) is -0.844. The van der Waals surface area contributed by atoms with Crippen molar-refractivity contribution in [3.05, 3.63) is 37.0 Å². The Kier molecular flexibility index (Phi) is 14.6. The first-order valence-electron chi connectivity index (χ1n) is 8.32. The van der Waals surface area contributed by atoms with E-state index in [0.29, 0.717) is 0 Å². The molecule has 10 nitrogen and oxygen atoms in total. The summed E-state index contributed by atoms with van der Waals surface area (Å²) in [4.78, 5) is 42.6. The van der Waals surface area contributed by atoms with E-state index in [1.165, 1.54) is 13.8 Å². The van der Waals surface area contributed by atoms with Gasteiger partial charge in [0.25, 0.3) is 0 Å². The number of hydrogen-bond donors (Lipinski definition) is 3. The minimum Gasteiger partial charge on any atom is -0.481 e. The van der Waals surface area contributed by atoms with E-state index in [0.717, 1.165) is 6.08 Å². The number of rotatable bonds is 12. The average molecular weight is 416 g/mol. The maximum absolute atomic E-state index is 11.3. The lowest BCUT2D eigenvalue weighted by Gasteiger charge is -2.28. The molecule has 0 aromatic heterocycles. The number of aliphatic hydroxyl groups excluding tert-OH is 2. The van der Waals surface area contributed by atoms with Crippen LogP contribution in [0.15, 0.2) is 37.0 Å². The Morgan fingerprint density at radius 1 is 0.897 bits per heavy atom. The topological polar surface area (TPSA) is 157 Å². The van der Waals surface area contributed by atoms with Gasteiger partial charge in [-0.1, -0.05) is 19.7 Å². The van der Waals surface area contributed by atoms with E-state index in [4.69, 9.17) is 14.6 Å². The summed E-state index contributed by atoms with van der Waals surface area (Å²) in [7, 11) is 0. The summed E-state index contributed by atoms with van der Waals surface area (Å²) in [6, 6.07) is 0. The zero-order valence-electron chi connectivity index (χ0n) is 16.6. The summed E-state index contributed by atoms with van der Waals surface area (Å²) >= 11 is 0. The number of carboxylic acid groups (broad SMARTS) is 1. The highest BCUT2D eigenvalue weighted by Gasteiger charge is 2.33. The summed E-state index contributed by atoms with van der Waals surface area (Å²) in [5, 5.41) is 26.7. The van der Waals surface area contributed by atoms with Gasteiger partial charge in [0.15, 0.2) is 0 Å². The van der Waals surface area contributed by atoms with Crippen LogP contribution in [0.4, 0.5) is 0 Å². The third-order valence-corrected chi connectivity index (χ3v) is 3.11. The van der Waals surface area contributed by atoms with Crippen molar-refractivity contribution < 1.29 is 48.7 Å². The molecule has 3 N–H and O–H groups in total. The van der Waals surface area contributed by atoms with Crippen LogP contribution in [0, 0.1) is 5.41 Å². The molecule has 29 heavy (non-hydrogen) atoms. The predicted molar refractivity (Wildman–Crippen MR) is 102 cm³/mol. The Hall–Kier alpha value is -2.98. The van der Waals surface area contributed by atoms with Crippen molar-refractivity contribution in [2.75, 3.05) is 33.0 Å². The first-order valence-corrected chi connectivity index (χ1v) is 8.32. The standard InChI is InChI=1S/C13H20O6.C6H8O4/c1-9(2)11(16)18-7-13(5-14,6-15)8-19-12(17)10(3)4;1-2-6(9)10-4-3-5(7)8/h14-15H,1,3,5-8H2,2,4H3;2H,1,3-4H2,(H,7,8). The number of aliphatic carboxylic acids is 1. The van der Waals surface area contributed by atoms with Gasteiger partial charge in [0.05, 0.1) is 25.0 Å². The summed E-state index contributed by atoms with van der Waals surface area (Å²) in [5.74, 6) is -2.87. The van der Waals surface area contributed by atoms with E-state index in [1.54, 1.807) is 0 Å². The third-order valence-electron chi connectivity index (χ3n) is 3.11. The minimum absolute atomic E-state index is 0.0970. The molecule has 0 aliphatic rings. The maximum Gasteiger partial charge on any atom is 0.333 e. The fourth-order valence-electron chi connectivity index (χ4n) is 1.26. The number of carboxylic acids is 1. The first-order chi connectivity index (χ1) is 13.4. The fraction of sp³-hybridized carbons (Fsp3) is 0.474. The van der Waals surface area contributed by atoms with E-state index in [9.17, 15) is 29.4 Å². The Morgan fingerprint density at radius 2 is 1.31 bits per heavy atom.